The summed E-state index contributed by atoms with van der Waals surface area (Å²) in [6.07, 6.45) is 4.23. The first-order valence-electron chi connectivity index (χ1n) is 11.3. The highest BCUT2D eigenvalue weighted by molar-refractivity contribution is 5.45. The molecular formula is C26H33N3O3. The molecule has 6 nitrogen and oxygen atoms in total. The summed E-state index contributed by atoms with van der Waals surface area (Å²) in [4.78, 5) is 9.45. The monoisotopic (exact) mass is 435 g/mol. The van der Waals surface area contributed by atoms with Gasteiger partial charge in [0.25, 0.3) is 0 Å². The number of hydrogen-bond donors (Lipinski definition) is 1. The van der Waals surface area contributed by atoms with E-state index in [-0.39, 0.29) is 0 Å². The van der Waals surface area contributed by atoms with Crippen molar-refractivity contribution in [3.8, 4) is 17.4 Å². The minimum atomic E-state index is 0.499. The number of methoxy groups -OCH3 is 2. The molecule has 0 aliphatic heterocycles. The Morgan fingerprint density at radius 2 is 1.59 bits per heavy atom. The van der Waals surface area contributed by atoms with Crippen LogP contribution in [0.25, 0.3) is 0 Å². The molecule has 0 fully saturated rings. The molecule has 1 heterocycles. The van der Waals surface area contributed by atoms with Crippen molar-refractivity contribution in [3.63, 3.8) is 0 Å². The van der Waals surface area contributed by atoms with Gasteiger partial charge in [0.15, 0.2) is 11.5 Å². The molecule has 0 radical (unpaired) electrons. The molecule has 0 saturated carbocycles. The molecule has 1 N–H and O–H groups in total. The van der Waals surface area contributed by atoms with Gasteiger partial charge in [-0.05, 0) is 48.9 Å². The van der Waals surface area contributed by atoms with Gasteiger partial charge in [0, 0.05) is 12.1 Å². The topological polar surface area (TPSA) is 65.5 Å². The molecule has 1 aliphatic rings. The van der Waals surface area contributed by atoms with Gasteiger partial charge in [-0.3, -0.25) is 0 Å². The van der Waals surface area contributed by atoms with Gasteiger partial charge in [-0.1, -0.05) is 50.2 Å². The van der Waals surface area contributed by atoms with Crippen LogP contribution in [0.3, 0.4) is 0 Å². The SMILES string of the molecule is CC.COc1ccc(CNc2nc3c(c(OCc4ccccc4)n2)CCCC3)cc1OC. The normalized spacial score (nSPS) is 12.1. The van der Waals surface area contributed by atoms with Crippen LogP contribution < -0.4 is 19.5 Å². The Bertz CT molecular complexity index is 993. The smallest absolute Gasteiger partial charge is 0.226 e. The average molecular weight is 436 g/mol. The number of nitrogens with zero attached hydrogens (tertiary/aromatic N) is 2. The van der Waals surface area contributed by atoms with Gasteiger partial charge in [-0.25, -0.2) is 4.98 Å². The van der Waals surface area contributed by atoms with E-state index >= 15 is 0 Å². The summed E-state index contributed by atoms with van der Waals surface area (Å²) in [5, 5.41) is 3.34. The predicted octanol–water partition coefficient (Wildman–Crippen LogP) is 5.59. The van der Waals surface area contributed by atoms with Crippen LogP contribution in [0, 0.1) is 0 Å². The second-order valence-electron chi connectivity index (χ2n) is 7.30. The maximum atomic E-state index is 6.12. The van der Waals surface area contributed by atoms with Crippen molar-refractivity contribution in [3.05, 3.63) is 70.9 Å². The fraction of sp³-hybridized carbons (Fsp3) is 0.385. The Kier molecular flexibility index (Phi) is 8.72. The maximum absolute atomic E-state index is 6.12. The van der Waals surface area contributed by atoms with Crippen LogP contribution in [0.4, 0.5) is 5.95 Å². The van der Waals surface area contributed by atoms with Crippen LogP contribution in [0.1, 0.15) is 49.1 Å². The van der Waals surface area contributed by atoms with Crippen LogP contribution in [-0.4, -0.2) is 24.2 Å². The zero-order valence-corrected chi connectivity index (χ0v) is 19.5. The molecule has 32 heavy (non-hydrogen) atoms. The Morgan fingerprint density at radius 3 is 2.34 bits per heavy atom. The first-order valence-corrected chi connectivity index (χ1v) is 11.3. The van der Waals surface area contributed by atoms with Crippen molar-refractivity contribution < 1.29 is 14.2 Å². The molecule has 3 aromatic rings. The van der Waals surface area contributed by atoms with Gasteiger partial charge in [-0.15, -0.1) is 0 Å². The average Bonchev–Trinajstić information content (AvgIpc) is 2.87. The molecule has 1 aromatic heterocycles. The lowest BCUT2D eigenvalue weighted by atomic mass is 9.97. The molecule has 0 saturated heterocycles. The number of anilines is 1. The highest BCUT2D eigenvalue weighted by Crippen LogP contribution is 2.30. The highest BCUT2D eigenvalue weighted by Gasteiger charge is 2.19. The van der Waals surface area contributed by atoms with Gasteiger partial charge in [0.2, 0.25) is 11.8 Å². The number of aryl methyl sites for hydroxylation is 1. The van der Waals surface area contributed by atoms with Crippen molar-refractivity contribution in [1.82, 2.24) is 9.97 Å². The van der Waals surface area contributed by atoms with E-state index in [1.54, 1.807) is 14.2 Å². The number of rotatable bonds is 8. The first-order chi connectivity index (χ1) is 15.8. The summed E-state index contributed by atoms with van der Waals surface area (Å²) < 4.78 is 16.8. The van der Waals surface area contributed by atoms with Crippen LogP contribution >= 0.6 is 0 Å². The molecule has 0 spiro atoms. The van der Waals surface area contributed by atoms with Crippen LogP contribution in [-0.2, 0) is 26.0 Å². The largest absolute Gasteiger partial charge is 0.493 e. The second-order valence-corrected chi connectivity index (χ2v) is 7.30. The second kappa shape index (κ2) is 11.9. The summed E-state index contributed by atoms with van der Waals surface area (Å²) in [7, 11) is 3.27. The number of ether oxygens (including phenoxy) is 3. The Balaban J connectivity index is 0.00000141. The summed E-state index contributed by atoms with van der Waals surface area (Å²) in [6, 6.07) is 16.0. The third kappa shape index (κ3) is 5.90. The van der Waals surface area contributed by atoms with Crippen molar-refractivity contribution >= 4 is 5.95 Å². The van der Waals surface area contributed by atoms with E-state index < -0.39 is 0 Å². The zero-order chi connectivity index (χ0) is 22.8. The van der Waals surface area contributed by atoms with Crippen molar-refractivity contribution in [1.29, 1.82) is 0 Å². The standard InChI is InChI=1S/C24H27N3O3.C2H6/c1-28-21-13-12-18(14-22(21)29-2)15-25-24-26-20-11-7-6-10-19(20)23(27-24)30-16-17-8-4-3-5-9-17;1-2/h3-5,8-9,12-14H,6-7,10-11,15-16H2,1-2H3,(H,25,26,27);1-2H3. The summed E-state index contributed by atoms with van der Waals surface area (Å²) in [5.41, 5.74) is 4.42. The molecule has 1 aliphatic carbocycles. The fourth-order valence-corrected chi connectivity index (χ4v) is 3.66. The third-order valence-corrected chi connectivity index (χ3v) is 5.26. The van der Waals surface area contributed by atoms with Gasteiger partial charge < -0.3 is 19.5 Å². The Labute approximate surface area is 191 Å². The van der Waals surface area contributed by atoms with E-state index in [1.807, 2.05) is 50.2 Å². The number of benzene rings is 2. The van der Waals surface area contributed by atoms with Gasteiger partial charge in [0.05, 0.1) is 19.9 Å². The molecule has 0 amide bonds. The lowest BCUT2D eigenvalue weighted by molar-refractivity contribution is 0.288. The van der Waals surface area contributed by atoms with Crippen LogP contribution in [0.2, 0.25) is 0 Å². The van der Waals surface area contributed by atoms with E-state index in [4.69, 9.17) is 24.2 Å². The van der Waals surface area contributed by atoms with E-state index in [2.05, 4.69) is 17.4 Å². The lowest BCUT2D eigenvalue weighted by Gasteiger charge is -2.19. The minimum Gasteiger partial charge on any atom is -0.493 e. The zero-order valence-electron chi connectivity index (χ0n) is 19.5. The Morgan fingerprint density at radius 1 is 0.844 bits per heavy atom. The molecule has 4 rings (SSSR count). The van der Waals surface area contributed by atoms with E-state index in [1.165, 1.54) is 0 Å². The van der Waals surface area contributed by atoms with E-state index in [9.17, 15) is 0 Å². The van der Waals surface area contributed by atoms with Crippen LogP contribution in [0.15, 0.2) is 48.5 Å². The van der Waals surface area contributed by atoms with Gasteiger partial charge in [-0.2, -0.15) is 4.98 Å². The molecule has 2 aromatic carbocycles. The number of hydrogen-bond acceptors (Lipinski definition) is 6. The van der Waals surface area contributed by atoms with Crippen molar-refractivity contribution in [2.45, 2.75) is 52.7 Å². The predicted molar refractivity (Wildman–Crippen MR) is 128 cm³/mol. The quantitative estimate of drug-likeness (QED) is 0.498. The number of fused-ring (bicyclic) bond motifs is 1. The molecule has 0 unspecified atom stereocenters. The van der Waals surface area contributed by atoms with Crippen molar-refractivity contribution in [2.24, 2.45) is 0 Å². The molecule has 170 valence electrons. The Hall–Kier alpha value is -3.28. The summed E-state index contributed by atoms with van der Waals surface area (Å²) in [6.45, 7) is 5.08. The molecular weight excluding hydrogens is 402 g/mol. The lowest BCUT2D eigenvalue weighted by Crippen LogP contribution is -2.14. The number of nitrogens with one attached hydrogen (secondary N) is 1. The van der Waals surface area contributed by atoms with E-state index in [0.29, 0.717) is 36.5 Å². The van der Waals surface area contributed by atoms with Crippen LogP contribution in [0.5, 0.6) is 17.4 Å². The minimum absolute atomic E-state index is 0.499. The highest BCUT2D eigenvalue weighted by atomic mass is 16.5. The van der Waals surface area contributed by atoms with Gasteiger partial charge >= 0.3 is 0 Å². The molecule has 6 heteroatoms. The van der Waals surface area contributed by atoms with Crippen molar-refractivity contribution in [2.75, 3.05) is 19.5 Å². The first kappa shape index (κ1) is 23.4. The summed E-state index contributed by atoms with van der Waals surface area (Å²) in [5.74, 6) is 2.70. The maximum Gasteiger partial charge on any atom is 0.226 e. The van der Waals surface area contributed by atoms with E-state index in [0.717, 1.165) is 48.1 Å². The third-order valence-electron chi connectivity index (χ3n) is 5.26. The molecule has 0 atom stereocenters. The molecule has 0 bridgehead atoms. The number of aromatic nitrogens is 2. The van der Waals surface area contributed by atoms with Gasteiger partial charge in [0.1, 0.15) is 6.61 Å². The summed E-state index contributed by atoms with van der Waals surface area (Å²) >= 11 is 0. The fourth-order valence-electron chi connectivity index (χ4n) is 3.66.